The van der Waals surface area contributed by atoms with Gasteiger partial charge >= 0.3 is 6.18 Å². The van der Waals surface area contributed by atoms with Gasteiger partial charge in [-0.25, -0.2) is 4.39 Å². The summed E-state index contributed by atoms with van der Waals surface area (Å²) >= 11 is 0. The fourth-order valence-electron chi connectivity index (χ4n) is 1.58. The van der Waals surface area contributed by atoms with Gasteiger partial charge in [0.05, 0.1) is 18.8 Å². The standard InChI is InChI=1S/C14H17F4NO/c1-10(2)9-20-6-5-19-8-11-3-4-12(15)7-13(11)14(16,17)18/h3-4,7,19H,1,5-6,8-9H2,2H3. The van der Waals surface area contributed by atoms with E-state index in [1.54, 1.807) is 0 Å². The van der Waals surface area contributed by atoms with Crippen LogP contribution in [0.25, 0.3) is 0 Å². The highest BCUT2D eigenvalue weighted by Gasteiger charge is 2.33. The van der Waals surface area contributed by atoms with Crippen LogP contribution in [0.5, 0.6) is 0 Å². The zero-order chi connectivity index (χ0) is 15.2. The van der Waals surface area contributed by atoms with Gasteiger partial charge in [0.2, 0.25) is 0 Å². The first-order valence-electron chi connectivity index (χ1n) is 6.09. The Morgan fingerprint density at radius 2 is 2.05 bits per heavy atom. The van der Waals surface area contributed by atoms with Crippen LogP contribution in [0, 0.1) is 5.82 Å². The predicted molar refractivity (Wildman–Crippen MR) is 68.7 cm³/mol. The van der Waals surface area contributed by atoms with Crippen LogP contribution in [0.15, 0.2) is 30.4 Å². The quantitative estimate of drug-likeness (QED) is 0.471. The summed E-state index contributed by atoms with van der Waals surface area (Å²) in [6, 6.07) is 2.66. The van der Waals surface area contributed by atoms with Crippen LogP contribution in [0.1, 0.15) is 18.1 Å². The first-order valence-corrected chi connectivity index (χ1v) is 6.09. The van der Waals surface area contributed by atoms with E-state index in [9.17, 15) is 17.6 Å². The van der Waals surface area contributed by atoms with E-state index in [-0.39, 0.29) is 12.1 Å². The number of hydrogen-bond donors (Lipinski definition) is 1. The average Bonchev–Trinajstić information content (AvgIpc) is 2.33. The Kier molecular flexibility index (Phi) is 6.16. The van der Waals surface area contributed by atoms with Crippen molar-refractivity contribution in [2.75, 3.05) is 19.8 Å². The molecular weight excluding hydrogens is 274 g/mol. The van der Waals surface area contributed by atoms with Gasteiger partial charge in [0.15, 0.2) is 0 Å². The lowest BCUT2D eigenvalue weighted by Crippen LogP contribution is -2.22. The number of alkyl halides is 3. The summed E-state index contributed by atoms with van der Waals surface area (Å²) in [5.41, 5.74) is -0.0606. The van der Waals surface area contributed by atoms with Crippen LogP contribution in [-0.2, 0) is 17.5 Å². The molecule has 2 nitrogen and oxygen atoms in total. The van der Waals surface area contributed by atoms with E-state index in [1.165, 1.54) is 0 Å². The summed E-state index contributed by atoms with van der Waals surface area (Å²) in [7, 11) is 0. The maximum atomic E-state index is 12.9. The van der Waals surface area contributed by atoms with Crippen LogP contribution in [0.2, 0.25) is 0 Å². The molecule has 0 aliphatic carbocycles. The van der Waals surface area contributed by atoms with E-state index in [2.05, 4.69) is 11.9 Å². The number of ether oxygens (including phenoxy) is 1. The predicted octanol–water partition coefficient (Wildman–Crippen LogP) is 3.53. The van der Waals surface area contributed by atoms with E-state index in [4.69, 9.17) is 4.74 Å². The van der Waals surface area contributed by atoms with Gasteiger partial charge in [0, 0.05) is 13.1 Å². The number of hydrogen-bond acceptors (Lipinski definition) is 2. The molecule has 0 heterocycles. The summed E-state index contributed by atoms with van der Waals surface area (Å²) in [6.07, 6.45) is -4.56. The molecule has 0 aliphatic rings. The van der Waals surface area contributed by atoms with E-state index in [0.29, 0.717) is 25.8 Å². The molecule has 0 spiro atoms. The third kappa shape index (κ3) is 5.71. The molecule has 0 bridgehead atoms. The summed E-state index contributed by atoms with van der Waals surface area (Å²) < 4.78 is 56.3. The molecule has 112 valence electrons. The van der Waals surface area contributed by atoms with Crippen molar-refractivity contribution in [3.05, 3.63) is 47.3 Å². The van der Waals surface area contributed by atoms with E-state index >= 15 is 0 Å². The minimum absolute atomic E-state index is 0.00551. The molecule has 0 saturated carbocycles. The molecule has 1 rings (SSSR count). The number of rotatable bonds is 7. The molecule has 0 unspecified atom stereocenters. The lowest BCUT2D eigenvalue weighted by atomic mass is 10.1. The largest absolute Gasteiger partial charge is 0.416 e. The van der Waals surface area contributed by atoms with Gasteiger partial charge in [-0.15, -0.1) is 0 Å². The minimum atomic E-state index is -4.56. The lowest BCUT2D eigenvalue weighted by Gasteiger charge is -2.13. The van der Waals surface area contributed by atoms with Gasteiger partial charge in [-0.1, -0.05) is 18.2 Å². The number of benzene rings is 1. The molecule has 0 saturated heterocycles. The first kappa shape index (κ1) is 16.7. The topological polar surface area (TPSA) is 21.3 Å². The second-order valence-electron chi connectivity index (χ2n) is 4.49. The monoisotopic (exact) mass is 291 g/mol. The van der Waals surface area contributed by atoms with Crippen molar-refractivity contribution in [3.63, 3.8) is 0 Å². The third-order valence-corrected chi connectivity index (χ3v) is 2.46. The number of nitrogens with one attached hydrogen (secondary N) is 1. The lowest BCUT2D eigenvalue weighted by molar-refractivity contribution is -0.138. The van der Waals surface area contributed by atoms with Crippen LogP contribution >= 0.6 is 0 Å². The van der Waals surface area contributed by atoms with E-state index in [0.717, 1.165) is 17.7 Å². The van der Waals surface area contributed by atoms with Crippen molar-refractivity contribution in [1.82, 2.24) is 5.32 Å². The van der Waals surface area contributed by atoms with Gasteiger partial charge in [-0.3, -0.25) is 0 Å². The Morgan fingerprint density at radius 1 is 1.35 bits per heavy atom. The van der Waals surface area contributed by atoms with Crippen LogP contribution < -0.4 is 5.32 Å². The highest BCUT2D eigenvalue weighted by molar-refractivity contribution is 5.30. The van der Waals surface area contributed by atoms with Gasteiger partial charge < -0.3 is 10.1 Å². The summed E-state index contributed by atoms with van der Waals surface area (Å²) in [6.45, 7) is 6.69. The molecule has 0 aliphatic heterocycles. The highest BCUT2D eigenvalue weighted by atomic mass is 19.4. The SMILES string of the molecule is C=C(C)COCCNCc1ccc(F)cc1C(F)(F)F. The fourth-order valence-corrected chi connectivity index (χ4v) is 1.58. The van der Waals surface area contributed by atoms with Crippen molar-refractivity contribution in [1.29, 1.82) is 0 Å². The molecule has 0 aromatic heterocycles. The molecule has 0 amide bonds. The van der Waals surface area contributed by atoms with E-state index in [1.807, 2.05) is 6.92 Å². The molecule has 0 fully saturated rings. The van der Waals surface area contributed by atoms with Crippen LogP contribution in [-0.4, -0.2) is 19.8 Å². The Bertz CT molecular complexity index is 457. The second-order valence-corrected chi connectivity index (χ2v) is 4.49. The fraction of sp³-hybridized carbons (Fsp3) is 0.429. The highest BCUT2D eigenvalue weighted by Crippen LogP contribution is 2.32. The zero-order valence-electron chi connectivity index (χ0n) is 11.2. The molecule has 1 aromatic carbocycles. The smallest absolute Gasteiger partial charge is 0.376 e. The van der Waals surface area contributed by atoms with Crippen molar-refractivity contribution in [2.24, 2.45) is 0 Å². The maximum Gasteiger partial charge on any atom is 0.416 e. The molecule has 1 aromatic rings. The molecule has 6 heteroatoms. The summed E-state index contributed by atoms with van der Waals surface area (Å²) in [5, 5.41) is 2.83. The molecule has 1 N–H and O–H groups in total. The van der Waals surface area contributed by atoms with Gasteiger partial charge in [0.1, 0.15) is 5.82 Å². The van der Waals surface area contributed by atoms with E-state index < -0.39 is 17.6 Å². The first-order chi connectivity index (χ1) is 9.30. The van der Waals surface area contributed by atoms with Gasteiger partial charge in [-0.05, 0) is 24.6 Å². The van der Waals surface area contributed by atoms with Crippen LogP contribution in [0.4, 0.5) is 17.6 Å². The Labute approximate surface area is 115 Å². The second kappa shape index (κ2) is 7.40. The Hall–Kier alpha value is -1.40. The number of halogens is 4. The van der Waals surface area contributed by atoms with Crippen molar-refractivity contribution in [3.8, 4) is 0 Å². The Morgan fingerprint density at radius 3 is 2.65 bits per heavy atom. The van der Waals surface area contributed by atoms with Gasteiger partial charge in [-0.2, -0.15) is 13.2 Å². The Balaban J connectivity index is 2.50. The average molecular weight is 291 g/mol. The maximum absolute atomic E-state index is 12.9. The van der Waals surface area contributed by atoms with Gasteiger partial charge in [0.25, 0.3) is 0 Å². The summed E-state index contributed by atoms with van der Waals surface area (Å²) in [4.78, 5) is 0. The summed E-state index contributed by atoms with van der Waals surface area (Å²) in [5.74, 6) is -0.897. The van der Waals surface area contributed by atoms with Crippen molar-refractivity contribution in [2.45, 2.75) is 19.6 Å². The molecule has 0 atom stereocenters. The van der Waals surface area contributed by atoms with Crippen molar-refractivity contribution >= 4 is 0 Å². The zero-order valence-corrected chi connectivity index (χ0v) is 11.2. The van der Waals surface area contributed by atoms with Crippen molar-refractivity contribution < 1.29 is 22.3 Å². The molecule has 0 radical (unpaired) electrons. The molecule has 20 heavy (non-hydrogen) atoms. The third-order valence-electron chi connectivity index (χ3n) is 2.46. The normalized spacial score (nSPS) is 11.7. The molecular formula is C14H17F4NO. The van der Waals surface area contributed by atoms with Crippen LogP contribution in [0.3, 0.4) is 0 Å². The minimum Gasteiger partial charge on any atom is -0.376 e.